The van der Waals surface area contributed by atoms with E-state index in [4.69, 9.17) is 9.84 Å². The quantitative estimate of drug-likeness (QED) is 0.390. The van der Waals surface area contributed by atoms with E-state index in [1.54, 1.807) is 33.9 Å². The molecule has 0 bridgehead atoms. The zero-order valence-corrected chi connectivity index (χ0v) is 17.9. The smallest absolute Gasteiger partial charge is 0.261 e. The van der Waals surface area contributed by atoms with E-state index in [1.807, 2.05) is 18.2 Å². The molecule has 1 amide bonds. The number of nitrogens with one attached hydrogen (secondary N) is 2. The zero-order valence-electron chi connectivity index (χ0n) is 17.9. The molecule has 4 heterocycles. The van der Waals surface area contributed by atoms with Gasteiger partial charge in [0, 0.05) is 36.7 Å². The number of hydrogen-bond acceptors (Lipinski definition) is 8. The number of amides is 1. The molecule has 0 atom stereocenters. The third kappa shape index (κ3) is 4.69. The van der Waals surface area contributed by atoms with Crippen molar-refractivity contribution < 1.29 is 14.6 Å². The summed E-state index contributed by atoms with van der Waals surface area (Å²) < 4.78 is 8.55. The predicted molar refractivity (Wildman–Crippen MR) is 121 cm³/mol. The summed E-state index contributed by atoms with van der Waals surface area (Å²) >= 11 is 0. The highest BCUT2D eigenvalue weighted by atomic mass is 16.5. The first-order chi connectivity index (χ1) is 16.2. The summed E-state index contributed by atoms with van der Waals surface area (Å²) in [5.74, 6) is 0.910. The Morgan fingerprint density at radius 3 is 2.97 bits per heavy atom. The minimum atomic E-state index is -0.309. The Balaban J connectivity index is 1.34. The lowest BCUT2D eigenvalue weighted by Crippen LogP contribution is -2.28. The molecule has 4 aromatic rings. The van der Waals surface area contributed by atoms with Gasteiger partial charge in [-0.25, -0.2) is 14.5 Å². The van der Waals surface area contributed by atoms with Crippen LogP contribution in [0.25, 0.3) is 17.0 Å². The molecule has 3 aromatic heterocycles. The molecule has 1 aliphatic rings. The molecule has 0 spiro atoms. The van der Waals surface area contributed by atoms with Gasteiger partial charge in [0.1, 0.15) is 17.7 Å². The third-order valence-corrected chi connectivity index (χ3v) is 5.43. The largest absolute Gasteiger partial charge is 0.394 e. The predicted octanol–water partition coefficient (Wildman–Crippen LogP) is 1.82. The SMILES string of the molecule is O=C(Nc1cccc(-c2ncn(CCO)n2)c1)c1cnn2ccc(NC3CCOCC3)nc12. The molecule has 1 saturated heterocycles. The second-order valence-corrected chi connectivity index (χ2v) is 7.76. The van der Waals surface area contributed by atoms with Crippen molar-refractivity contribution in [3.05, 3.63) is 54.6 Å². The van der Waals surface area contributed by atoms with Gasteiger partial charge in [0.2, 0.25) is 0 Å². The van der Waals surface area contributed by atoms with Crippen LogP contribution in [0.5, 0.6) is 0 Å². The van der Waals surface area contributed by atoms with Crippen molar-refractivity contribution in [1.29, 1.82) is 0 Å². The number of fused-ring (bicyclic) bond motifs is 1. The van der Waals surface area contributed by atoms with Crippen LogP contribution in [0.15, 0.2) is 49.1 Å². The summed E-state index contributed by atoms with van der Waals surface area (Å²) in [7, 11) is 0. The Kier molecular flexibility index (Phi) is 5.96. The van der Waals surface area contributed by atoms with Crippen molar-refractivity contribution in [2.45, 2.75) is 25.4 Å². The minimum absolute atomic E-state index is 0.0150. The Bertz CT molecular complexity index is 1260. The van der Waals surface area contributed by atoms with Crippen molar-refractivity contribution in [2.24, 2.45) is 0 Å². The van der Waals surface area contributed by atoms with Gasteiger partial charge in [-0.3, -0.25) is 9.48 Å². The molecule has 11 heteroatoms. The number of aliphatic hydroxyl groups excluding tert-OH is 1. The number of hydrogen-bond donors (Lipinski definition) is 3. The van der Waals surface area contributed by atoms with Gasteiger partial charge in [0.25, 0.3) is 5.91 Å². The Hall–Kier alpha value is -3.83. The molecular formula is C22H24N8O3. The third-order valence-electron chi connectivity index (χ3n) is 5.43. The van der Waals surface area contributed by atoms with E-state index in [1.165, 1.54) is 6.20 Å². The average Bonchev–Trinajstić information content (AvgIpc) is 3.47. The summed E-state index contributed by atoms with van der Waals surface area (Å²) in [6.07, 6.45) is 6.70. The lowest BCUT2D eigenvalue weighted by Gasteiger charge is -2.23. The number of rotatable bonds is 7. The maximum absolute atomic E-state index is 13.0. The molecule has 0 unspecified atom stereocenters. The van der Waals surface area contributed by atoms with Crippen LogP contribution in [-0.2, 0) is 11.3 Å². The number of carbonyl (C=O) groups excluding carboxylic acids is 1. The molecule has 5 rings (SSSR count). The Labute approximate surface area is 189 Å². The van der Waals surface area contributed by atoms with Crippen molar-refractivity contribution in [3.63, 3.8) is 0 Å². The lowest BCUT2D eigenvalue weighted by atomic mass is 10.1. The van der Waals surface area contributed by atoms with Crippen molar-refractivity contribution in [3.8, 4) is 11.4 Å². The van der Waals surface area contributed by atoms with Crippen molar-refractivity contribution in [2.75, 3.05) is 30.5 Å². The topological polar surface area (TPSA) is 131 Å². The van der Waals surface area contributed by atoms with Gasteiger partial charge in [-0.2, -0.15) is 10.2 Å². The number of aliphatic hydroxyl groups is 1. The molecule has 0 saturated carbocycles. The molecule has 1 aromatic carbocycles. The number of aromatic nitrogens is 6. The van der Waals surface area contributed by atoms with Gasteiger partial charge in [0.05, 0.1) is 19.3 Å². The summed E-state index contributed by atoms with van der Waals surface area (Å²) in [5.41, 5.74) is 2.21. The molecule has 170 valence electrons. The normalized spacial score (nSPS) is 14.5. The van der Waals surface area contributed by atoms with E-state index >= 15 is 0 Å². The summed E-state index contributed by atoms with van der Waals surface area (Å²) in [5, 5.41) is 24.0. The molecule has 11 nitrogen and oxygen atoms in total. The van der Waals surface area contributed by atoms with Gasteiger partial charge >= 0.3 is 0 Å². The van der Waals surface area contributed by atoms with Crippen molar-refractivity contribution >= 4 is 23.1 Å². The van der Waals surface area contributed by atoms with E-state index in [9.17, 15) is 4.79 Å². The maximum Gasteiger partial charge on any atom is 0.261 e. The fourth-order valence-corrected chi connectivity index (χ4v) is 3.73. The minimum Gasteiger partial charge on any atom is -0.394 e. The van der Waals surface area contributed by atoms with Crippen LogP contribution in [-0.4, -0.2) is 66.2 Å². The van der Waals surface area contributed by atoms with Gasteiger partial charge < -0.3 is 20.5 Å². The number of nitrogens with zero attached hydrogens (tertiary/aromatic N) is 6. The summed E-state index contributed by atoms with van der Waals surface area (Å²) in [6.45, 7) is 1.82. The van der Waals surface area contributed by atoms with Crippen molar-refractivity contribution in [1.82, 2.24) is 29.4 Å². The molecular weight excluding hydrogens is 424 g/mol. The molecule has 1 aliphatic heterocycles. The van der Waals surface area contributed by atoms with Gasteiger partial charge in [-0.1, -0.05) is 12.1 Å². The first kappa shape index (κ1) is 21.0. The maximum atomic E-state index is 13.0. The van der Waals surface area contributed by atoms with E-state index in [0.29, 0.717) is 41.1 Å². The monoisotopic (exact) mass is 448 g/mol. The van der Waals surface area contributed by atoms with Crippen LogP contribution in [0.1, 0.15) is 23.2 Å². The second kappa shape index (κ2) is 9.35. The molecule has 0 aliphatic carbocycles. The van der Waals surface area contributed by atoms with Gasteiger partial charge in [0.15, 0.2) is 11.5 Å². The number of carbonyl (C=O) groups is 1. The molecule has 0 radical (unpaired) electrons. The van der Waals surface area contributed by atoms with Gasteiger partial charge in [-0.05, 0) is 31.0 Å². The van der Waals surface area contributed by atoms with Crippen LogP contribution >= 0.6 is 0 Å². The Morgan fingerprint density at radius 2 is 2.12 bits per heavy atom. The van der Waals surface area contributed by atoms with E-state index in [2.05, 4.69) is 30.8 Å². The fourth-order valence-electron chi connectivity index (χ4n) is 3.73. The first-order valence-corrected chi connectivity index (χ1v) is 10.8. The summed E-state index contributed by atoms with van der Waals surface area (Å²) in [6, 6.07) is 9.42. The first-order valence-electron chi connectivity index (χ1n) is 10.8. The number of ether oxygens (including phenoxy) is 1. The highest BCUT2D eigenvalue weighted by molar-refractivity contribution is 6.08. The zero-order chi connectivity index (χ0) is 22.6. The van der Waals surface area contributed by atoms with Gasteiger partial charge in [-0.15, -0.1) is 0 Å². The molecule has 1 fully saturated rings. The van der Waals surface area contributed by atoms with Crippen LogP contribution in [0, 0.1) is 0 Å². The van der Waals surface area contributed by atoms with Crippen LogP contribution in [0.3, 0.4) is 0 Å². The van der Waals surface area contributed by atoms with Crippen LogP contribution < -0.4 is 10.6 Å². The second-order valence-electron chi connectivity index (χ2n) is 7.76. The van der Waals surface area contributed by atoms with E-state index in [-0.39, 0.29) is 12.5 Å². The highest BCUT2D eigenvalue weighted by Gasteiger charge is 2.18. The number of anilines is 2. The molecule has 3 N–H and O–H groups in total. The fraction of sp³-hybridized carbons (Fsp3) is 0.318. The van der Waals surface area contributed by atoms with Crippen LogP contribution in [0.2, 0.25) is 0 Å². The summed E-state index contributed by atoms with van der Waals surface area (Å²) in [4.78, 5) is 21.9. The van der Waals surface area contributed by atoms with Crippen LogP contribution in [0.4, 0.5) is 11.5 Å². The van der Waals surface area contributed by atoms with E-state index in [0.717, 1.165) is 31.6 Å². The standard InChI is InChI=1S/C22H24N8O3/c31-9-8-29-14-23-20(28-29)15-2-1-3-17(12-15)26-22(32)18-13-24-30-7-4-19(27-21(18)30)25-16-5-10-33-11-6-16/h1-4,7,12-14,16,31H,5-6,8-11H2,(H,25,27)(H,26,32). The lowest BCUT2D eigenvalue weighted by molar-refractivity contribution is 0.0904. The Morgan fingerprint density at radius 1 is 1.24 bits per heavy atom. The highest BCUT2D eigenvalue weighted by Crippen LogP contribution is 2.21. The van der Waals surface area contributed by atoms with E-state index < -0.39 is 0 Å². The average molecular weight is 448 g/mol. The number of benzene rings is 1. The molecule has 33 heavy (non-hydrogen) atoms.